The predicted octanol–water partition coefficient (Wildman–Crippen LogP) is -0.0973. The third-order valence-corrected chi connectivity index (χ3v) is 5.82. The lowest BCUT2D eigenvalue weighted by Gasteiger charge is -2.13. The van der Waals surface area contributed by atoms with Crippen LogP contribution in [0.25, 0.3) is 5.69 Å². The summed E-state index contributed by atoms with van der Waals surface area (Å²) in [5.41, 5.74) is 5.31. The number of carbonyl (C=O) groups is 2. The Balaban J connectivity index is 1.69. The highest BCUT2D eigenvalue weighted by molar-refractivity contribution is 7.92. The number of pyridine rings is 1. The molecule has 13 heteroatoms. The number of ether oxygens (including phenoxy) is 1. The lowest BCUT2D eigenvalue weighted by molar-refractivity contribution is 0.0880. The maximum absolute atomic E-state index is 12.6. The summed E-state index contributed by atoms with van der Waals surface area (Å²) >= 11 is 0. The van der Waals surface area contributed by atoms with E-state index >= 15 is 0 Å². The summed E-state index contributed by atoms with van der Waals surface area (Å²) in [7, 11) is -2.63. The van der Waals surface area contributed by atoms with E-state index < -0.39 is 27.4 Å². The zero-order chi connectivity index (χ0) is 22.3. The van der Waals surface area contributed by atoms with E-state index in [1.807, 2.05) is 0 Å². The van der Waals surface area contributed by atoms with E-state index in [-0.39, 0.29) is 39.2 Å². The number of nitrogen functional groups attached to an aromatic ring is 1. The number of hydrogen-bond acceptors (Lipinski definition) is 9. The minimum Gasteiger partial charge on any atom is -0.481 e. The van der Waals surface area contributed by atoms with Gasteiger partial charge in [0.25, 0.3) is 27.4 Å². The standard InChI is InChI=1S/C18H14N6O6S/c1-30-13-7-12(20-8-21-13)23-31(28,29)10-4-2-9(3-5-10)24-14(25)6-11-15(16(24)19)18(27)22-17(11)26/h2-8H,19H2,1H3,(H,20,21,23)(H,22,26,27). The van der Waals surface area contributed by atoms with Crippen molar-refractivity contribution in [3.63, 3.8) is 0 Å². The summed E-state index contributed by atoms with van der Waals surface area (Å²) in [4.78, 5) is 43.7. The molecule has 3 aromatic rings. The highest BCUT2D eigenvalue weighted by Gasteiger charge is 2.31. The molecule has 1 aliphatic rings. The van der Waals surface area contributed by atoms with Crippen LogP contribution < -0.4 is 26.1 Å². The summed E-state index contributed by atoms with van der Waals surface area (Å²) in [6, 6.07) is 7.49. The van der Waals surface area contributed by atoms with E-state index in [1.165, 1.54) is 37.4 Å². The van der Waals surface area contributed by atoms with Gasteiger partial charge in [-0.1, -0.05) is 0 Å². The molecule has 0 saturated heterocycles. The van der Waals surface area contributed by atoms with Gasteiger partial charge < -0.3 is 10.5 Å². The Morgan fingerprint density at radius 2 is 1.77 bits per heavy atom. The van der Waals surface area contributed by atoms with Crippen LogP contribution in [0.3, 0.4) is 0 Å². The SMILES string of the molecule is COc1cc(NS(=O)(=O)c2ccc(-n3c(N)c4c(cc3=O)C(=O)NC4=O)cc2)ncn1. The number of methoxy groups -OCH3 is 1. The van der Waals surface area contributed by atoms with Crippen molar-refractivity contribution in [2.45, 2.75) is 4.90 Å². The molecule has 3 heterocycles. The average molecular weight is 442 g/mol. The van der Waals surface area contributed by atoms with Gasteiger partial charge in [0.2, 0.25) is 5.88 Å². The zero-order valence-corrected chi connectivity index (χ0v) is 16.6. The summed E-state index contributed by atoms with van der Waals surface area (Å²) < 4.78 is 33.5. The van der Waals surface area contributed by atoms with Crippen molar-refractivity contribution in [3.05, 3.63) is 64.2 Å². The lowest BCUT2D eigenvalue weighted by atomic mass is 10.1. The number of hydrogen-bond donors (Lipinski definition) is 3. The summed E-state index contributed by atoms with van der Waals surface area (Å²) in [6.45, 7) is 0. The fourth-order valence-corrected chi connectivity index (χ4v) is 4.02. The maximum atomic E-state index is 12.6. The van der Waals surface area contributed by atoms with Crippen molar-refractivity contribution in [2.75, 3.05) is 17.6 Å². The third-order valence-electron chi connectivity index (χ3n) is 4.45. The largest absolute Gasteiger partial charge is 0.481 e. The molecule has 0 spiro atoms. The van der Waals surface area contributed by atoms with Crippen LogP contribution in [0.2, 0.25) is 0 Å². The predicted molar refractivity (Wildman–Crippen MR) is 108 cm³/mol. The molecule has 0 radical (unpaired) electrons. The first-order valence-corrected chi connectivity index (χ1v) is 10.1. The van der Waals surface area contributed by atoms with Crippen LogP contribution in [0.5, 0.6) is 5.88 Å². The molecule has 158 valence electrons. The minimum absolute atomic E-state index is 0.00527. The molecular weight excluding hydrogens is 428 g/mol. The van der Waals surface area contributed by atoms with Crippen LogP contribution in [0.1, 0.15) is 20.7 Å². The van der Waals surface area contributed by atoms with E-state index in [9.17, 15) is 22.8 Å². The molecule has 2 aromatic heterocycles. The van der Waals surface area contributed by atoms with E-state index in [2.05, 4.69) is 20.0 Å². The van der Waals surface area contributed by atoms with Crippen molar-refractivity contribution >= 4 is 33.5 Å². The van der Waals surface area contributed by atoms with E-state index in [0.29, 0.717) is 0 Å². The molecule has 4 rings (SSSR count). The van der Waals surface area contributed by atoms with Crippen molar-refractivity contribution in [1.82, 2.24) is 19.9 Å². The molecule has 0 fully saturated rings. The number of aromatic nitrogens is 3. The van der Waals surface area contributed by atoms with Gasteiger partial charge in [0.1, 0.15) is 18.0 Å². The van der Waals surface area contributed by atoms with Crippen molar-refractivity contribution in [1.29, 1.82) is 0 Å². The normalized spacial score (nSPS) is 12.9. The Morgan fingerprint density at radius 1 is 1.06 bits per heavy atom. The van der Waals surface area contributed by atoms with Crippen LogP contribution in [-0.2, 0) is 10.0 Å². The smallest absolute Gasteiger partial charge is 0.263 e. The Kier molecular flexibility index (Phi) is 4.66. The summed E-state index contributed by atoms with van der Waals surface area (Å²) in [5, 5.41) is 2.07. The fraction of sp³-hybridized carbons (Fsp3) is 0.0556. The maximum Gasteiger partial charge on any atom is 0.263 e. The fourth-order valence-electron chi connectivity index (χ4n) is 3.02. The number of nitrogens with zero attached hydrogens (tertiary/aromatic N) is 3. The van der Waals surface area contributed by atoms with Crippen LogP contribution in [-0.4, -0.2) is 41.9 Å². The van der Waals surface area contributed by atoms with Gasteiger partial charge in [0.05, 0.1) is 28.8 Å². The molecule has 0 bridgehead atoms. The van der Waals surface area contributed by atoms with Gasteiger partial charge in [0, 0.05) is 12.1 Å². The van der Waals surface area contributed by atoms with E-state index in [4.69, 9.17) is 10.5 Å². The third kappa shape index (κ3) is 3.46. The number of rotatable bonds is 5. The zero-order valence-electron chi connectivity index (χ0n) is 15.8. The number of nitrogens with two attached hydrogens (primary N) is 1. The van der Waals surface area contributed by atoms with Gasteiger partial charge in [-0.2, -0.15) is 0 Å². The Hall–Kier alpha value is -4.26. The number of benzene rings is 1. The van der Waals surface area contributed by atoms with Crippen LogP contribution in [0.4, 0.5) is 11.6 Å². The van der Waals surface area contributed by atoms with Gasteiger partial charge in [-0.15, -0.1) is 0 Å². The van der Waals surface area contributed by atoms with E-state index in [0.717, 1.165) is 17.0 Å². The molecule has 2 amide bonds. The first kappa shape index (κ1) is 20.0. The van der Waals surface area contributed by atoms with Gasteiger partial charge in [-0.3, -0.25) is 29.0 Å². The second-order valence-corrected chi connectivity index (χ2v) is 8.00. The molecule has 0 unspecified atom stereocenters. The number of nitrogens with one attached hydrogen (secondary N) is 2. The first-order chi connectivity index (χ1) is 14.7. The minimum atomic E-state index is -4.01. The van der Waals surface area contributed by atoms with E-state index in [1.54, 1.807) is 0 Å². The van der Waals surface area contributed by atoms with Crippen molar-refractivity contribution in [3.8, 4) is 11.6 Å². The molecule has 1 aliphatic heterocycles. The van der Waals surface area contributed by atoms with Gasteiger partial charge in [-0.05, 0) is 24.3 Å². The quantitative estimate of drug-likeness (QED) is 0.456. The van der Waals surface area contributed by atoms with Gasteiger partial charge in [0.15, 0.2) is 0 Å². The van der Waals surface area contributed by atoms with Crippen molar-refractivity contribution < 1.29 is 22.7 Å². The number of amides is 2. The highest BCUT2D eigenvalue weighted by Crippen LogP contribution is 2.24. The van der Waals surface area contributed by atoms with Crippen LogP contribution >= 0.6 is 0 Å². The molecule has 12 nitrogen and oxygen atoms in total. The van der Waals surface area contributed by atoms with Crippen LogP contribution in [0, 0.1) is 0 Å². The number of anilines is 2. The molecular formula is C18H14N6O6S. The molecule has 0 aliphatic carbocycles. The first-order valence-electron chi connectivity index (χ1n) is 8.62. The summed E-state index contributed by atoms with van der Waals surface area (Å²) in [6.07, 6.45) is 1.14. The molecule has 1 aromatic carbocycles. The second kappa shape index (κ2) is 7.21. The average Bonchev–Trinajstić information content (AvgIpc) is 3.01. The molecule has 0 atom stereocenters. The number of fused-ring (bicyclic) bond motifs is 1. The van der Waals surface area contributed by atoms with Crippen molar-refractivity contribution in [2.24, 2.45) is 0 Å². The Bertz CT molecular complexity index is 1400. The Morgan fingerprint density at radius 3 is 2.45 bits per heavy atom. The monoisotopic (exact) mass is 442 g/mol. The number of carbonyl (C=O) groups excluding carboxylic acids is 2. The topological polar surface area (TPSA) is 175 Å². The number of imide groups is 1. The van der Waals surface area contributed by atoms with Gasteiger partial charge in [-0.25, -0.2) is 18.4 Å². The molecule has 31 heavy (non-hydrogen) atoms. The van der Waals surface area contributed by atoms with Gasteiger partial charge >= 0.3 is 0 Å². The second-order valence-electron chi connectivity index (χ2n) is 6.32. The highest BCUT2D eigenvalue weighted by atomic mass is 32.2. The Labute approximate surface area is 174 Å². The van der Waals surface area contributed by atoms with Crippen LogP contribution in [0.15, 0.2) is 52.4 Å². The number of sulfonamides is 1. The summed E-state index contributed by atoms with van der Waals surface area (Å²) in [5.74, 6) is -1.46. The molecule has 4 N–H and O–H groups in total. The lowest BCUT2D eigenvalue weighted by Crippen LogP contribution is -2.24. The molecule has 0 saturated carbocycles.